The third-order valence-corrected chi connectivity index (χ3v) is 3.67. The van der Waals surface area contributed by atoms with Gasteiger partial charge in [-0.2, -0.15) is 0 Å². The molecule has 2 rings (SSSR count). The lowest BCUT2D eigenvalue weighted by atomic mass is 10.0. The van der Waals surface area contributed by atoms with Gasteiger partial charge in [-0.15, -0.1) is 0 Å². The lowest BCUT2D eigenvalue weighted by molar-refractivity contribution is -0.118. The maximum absolute atomic E-state index is 12.0. The summed E-state index contributed by atoms with van der Waals surface area (Å²) in [5.41, 5.74) is 9.15. The van der Waals surface area contributed by atoms with Gasteiger partial charge in [0.1, 0.15) is 5.75 Å². The van der Waals surface area contributed by atoms with E-state index in [0.717, 1.165) is 41.0 Å². The predicted molar refractivity (Wildman–Crippen MR) is 72.0 cm³/mol. The van der Waals surface area contributed by atoms with Crippen molar-refractivity contribution in [3.8, 4) is 5.75 Å². The second kappa shape index (κ2) is 4.28. The van der Waals surface area contributed by atoms with Crippen LogP contribution in [0, 0.1) is 20.8 Å². The molecule has 0 aromatic heterocycles. The number of amides is 1. The normalized spacial score (nSPS) is 16.3. The average Bonchev–Trinajstić information content (AvgIpc) is 3.06. The van der Waals surface area contributed by atoms with E-state index in [1.54, 1.807) is 7.11 Å². The zero-order valence-electron chi connectivity index (χ0n) is 11.4. The Balaban J connectivity index is 2.37. The summed E-state index contributed by atoms with van der Waals surface area (Å²) in [6, 6.07) is 2.05. The van der Waals surface area contributed by atoms with Crippen LogP contribution in [0.5, 0.6) is 5.75 Å². The van der Waals surface area contributed by atoms with Gasteiger partial charge in [-0.25, -0.2) is 0 Å². The van der Waals surface area contributed by atoms with Crippen LogP contribution in [0.2, 0.25) is 0 Å². The highest BCUT2D eigenvalue weighted by atomic mass is 16.5. The fourth-order valence-corrected chi connectivity index (χ4v) is 2.06. The molecule has 1 amide bonds. The van der Waals surface area contributed by atoms with Gasteiger partial charge >= 0.3 is 0 Å². The first-order chi connectivity index (χ1) is 8.39. The molecule has 0 bridgehead atoms. The smallest absolute Gasteiger partial charge is 0.244 e. The molecule has 0 saturated heterocycles. The van der Waals surface area contributed by atoms with Gasteiger partial charge in [0, 0.05) is 0 Å². The summed E-state index contributed by atoms with van der Waals surface area (Å²) in [4.78, 5) is 12.0. The molecule has 98 valence electrons. The van der Waals surface area contributed by atoms with Crippen molar-refractivity contribution in [2.24, 2.45) is 5.73 Å². The van der Waals surface area contributed by atoms with Crippen LogP contribution < -0.4 is 15.8 Å². The van der Waals surface area contributed by atoms with E-state index in [-0.39, 0.29) is 5.91 Å². The zero-order valence-corrected chi connectivity index (χ0v) is 11.4. The lowest BCUT2D eigenvalue weighted by Crippen LogP contribution is -2.38. The molecule has 1 fully saturated rings. The number of aryl methyl sites for hydroxylation is 2. The van der Waals surface area contributed by atoms with E-state index in [9.17, 15) is 4.79 Å². The van der Waals surface area contributed by atoms with Crippen LogP contribution in [-0.4, -0.2) is 18.6 Å². The first-order valence-electron chi connectivity index (χ1n) is 6.14. The number of hydrogen-bond donors (Lipinski definition) is 2. The summed E-state index contributed by atoms with van der Waals surface area (Å²) in [6.07, 6.45) is 1.51. The van der Waals surface area contributed by atoms with E-state index in [0.29, 0.717) is 0 Å². The SMILES string of the molecule is COc1c(C)c(C)cc(C)c1NC(=O)C1(N)CC1. The molecular formula is C14H20N2O2. The van der Waals surface area contributed by atoms with E-state index in [4.69, 9.17) is 10.5 Å². The minimum Gasteiger partial charge on any atom is -0.494 e. The van der Waals surface area contributed by atoms with Crippen LogP contribution in [-0.2, 0) is 4.79 Å². The number of anilines is 1. The highest BCUT2D eigenvalue weighted by molar-refractivity contribution is 6.01. The Kier molecular flexibility index (Phi) is 3.07. The van der Waals surface area contributed by atoms with Crippen molar-refractivity contribution in [2.45, 2.75) is 39.2 Å². The van der Waals surface area contributed by atoms with Gasteiger partial charge in [-0.1, -0.05) is 6.07 Å². The molecule has 0 aliphatic heterocycles. The van der Waals surface area contributed by atoms with Gasteiger partial charge < -0.3 is 15.8 Å². The molecule has 3 N–H and O–H groups in total. The quantitative estimate of drug-likeness (QED) is 0.860. The van der Waals surface area contributed by atoms with Crippen molar-refractivity contribution in [3.63, 3.8) is 0 Å². The summed E-state index contributed by atoms with van der Waals surface area (Å²) < 4.78 is 5.42. The topological polar surface area (TPSA) is 64.3 Å². The second-order valence-corrected chi connectivity index (χ2v) is 5.15. The molecule has 1 aliphatic rings. The lowest BCUT2D eigenvalue weighted by Gasteiger charge is -2.18. The second-order valence-electron chi connectivity index (χ2n) is 5.15. The monoisotopic (exact) mass is 248 g/mol. The van der Waals surface area contributed by atoms with Crippen molar-refractivity contribution in [2.75, 3.05) is 12.4 Å². The van der Waals surface area contributed by atoms with E-state index < -0.39 is 5.54 Å². The molecular weight excluding hydrogens is 228 g/mol. The Morgan fingerprint density at radius 2 is 1.94 bits per heavy atom. The number of nitrogens with one attached hydrogen (secondary N) is 1. The fraction of sp³-hybridized carbons (Fsp3) is 0.500. The number of carbonyl (C=O) groups is 1. The van der Waals surface area contributed by atoms with Crippen molar-refractivity contribution >= 4 is 11.6 Å². The predicted octanol–water partition coefficient (Wildman–Crippen LogP) is 2.05. The van der Waals surface area contributed by atoms with Gasteiger partial charge in [0.15, 0.2) is 0 Å². The number of rotatable bonds is 3. The molecule has 0 atom stereocenters. The highest BCUT2D eigenvalue weighted by Gasteiger charge is 2.46. The zero-order chi connectivity index (χ0) is 13.5. The summed E-state index contributed by atoms with van der Waals surface area (Å²) in [7, 11) is 1.62. The first-order valence-corrected chi connectivity index (χ1v) is 6.14. The van der Waals surface area contributed by atoms with E-state index in [1.165, 1.54) is 0 Å². The van der Waals surface area contributed by atoms with Crippen LogP contribution in [0.15, 0.2) is 6.07 Å². The van der Waals surface area contributed by atoms with Crippen molar-refractivity contribution in [3.05, 3.63) is 22.8 Å². The molecule has 1 aliphatic carbocycles. The fourth-order valence-electron chi connectivity index (χ4n) is 2.06. The average molecular weight is 248 g/mol. The Morgan fingerprint density at radius 3 is 2.44 bits per heavy atom. The number of hydrogen-bond acceptors (Lipinski definition) is 3. The third-order valence-electron chi connectivity index (χ3n) is 3.67. The number of ether oxygens (including phenoxy) is 1. The van der Waals surface area contributed by atoms with E-state index in [1.807, 2.05) is 26.8 Å². The Hall–Kier alpha value is -1.55. The molecule has 4 heteroatoms. The number of carbonyl (C=O) groups excluding carboxylic acids is 1. The van der Waals surface area contributed by atoms with Crippen LogP contribution in [0.3, 0.4) is 0 Å². The molecule has 1 saturated carbocycles. The Bertz CT molecular complexity index is 505. The molecule has 4 nitrogen and oxygen atoms in total. The van der Waals surface area contributed by atoms with Crippen LogP contribution in [0.4, 0.5) is 5.69 Å². The summed E-state index contributed by atoms with van der Waals surface area (Å²) >= 11 is 0. The standard InChI is InChI=1S/C14H20N2O2/c1-8-7-9(2)11(12(18-4)10(8)3)16-13(17)14(15)5-6-14/h7H,5-6,15H2,1-4H3,(H,16,17). The number of benzene rings is 1. The van der Waals surface area contributed by atoms with Crippen LogP contribution >= 0.6 is 0 Å². The number of methoxy groups -OCH3 is 1. The maximum atomic E-state index is 12.0. The third kappa shape index (κ3) is 2.08. The van der Waals surface area contributed by atoms with Gasteiger partial charge in [0.05, 0.1) is 18.3 Å². The molecule has 18 heavy (non-hydrogen) atoms. The Morgan fingerprint density at radius 1 is 1.33 bits per heavy atom. The molecule has 0 unspecified atom stereocenters. The molecule has 0 spiro atoms. The highest BCUT2D eigenvalue weighted by Crippen LogP contribution is 2.38. The van der Waals surface area contributed by atoms with Crippen molar-refractivity contribution in [1.29, 1.82) is 0 Å². The van der Waals surface area contributed by atoms with Gasteiger partial charge in [0.2, 0.25) is 5.91 Å². The molecule has 0 radical (unpaired) electrons. The summed E-state index contributed by atoms with van der Waals surface area (Å²) in [5, 5.41) is 2.91. The van der Waals surface area contributed by atoms with E-state index >= 15 is 0 Å². The summed E-state index contributed by atoms with van der Waals surface area (Å²) in [6.45, 7) is 5.97. The van der Waals surface area contributed by atoms with Crippen LogP contribution in [0.1, 0.15) is 29.5 Å². The molecule has 0 heterocycles. The maximum Gasteiger partial charge on any atom is 0.244 e. The Labute approximate surface area is 108 Å². The van der Waals surface area contributed by atoms with Crippen LogP contribution in [0.25, 0.3) is 0 Å². The summed E-state index contributed by atoms with van der Waals surface area (Å²) in [5.74, 6) is 0.609. The first kappa shape index (κ1) is 12.9. The van der Waals surface area contributed by atoms with Crippen molar-refractivity contribution in [1.82, 2.24) is 0 Å². The van der Waals surface area contributed by atoms with Gasteiger partial charge in [0.25, 0.3) is 0 Å². The van der Waals surface area contributed by atoms with Crippen molar-refractivity contribution < 1.29 is 9.53 Å². The number of nitrogens with two attached hydrogens (primary N) is 1. The largest absolute Gasteiger partial charge is 0.494 e. The minimum atomic E-state index is -0.670. The molecule has 1 aromatic carbocycles. The van der Waals surface area contributed by atoms with Gasteiger partial charge in [-0.3, -0.25) is 4.79 Å². The van der Waals surface area contributed by atoms with E-state index in [2.05, 4.69) is 5.32 Å². The minimum absolute atomic E-state index is 0.118. The molecule has 1 aromatic rings. The van der Waals surface area contributed by atoms with Gasteiger partial charge in [-0.05, 0) is 50.3 Å².